The SMILES string of the molecule is CC(N)=O.[N-]=[N+]=[N-]. The Labute approximate surface area is 40.5 Å². The van der Waals surface area contributed by atoms with E-state index in [1.165, 1.54) is 11.8 Å². The van der Waals surface area contributed by atoms with Gasteiger partial charge in [-0.3, -0.25) is 9.71 Å². The molecular weight excluding hydrogens is 96.0 g/mol. The number of nitrogens with two attached hydrogens (primary N) is 1. The zero-order valence-electron chi connectivity index (χ0n) is 3.83. The van der Waals surface area contributed by atoms with Crippen molar-refractivity contribution in [2.75, 3.05) is 0 Å². The first-order chi connectivity index (χ1) is 3.15. The summed E-state index contributed by atoms with van der Waals surface area (Å²) in [4.78, 5) is 10.7. The predicted octanol–water partition coefficient (Wildman–Crippen LogP) is 0.358. The van der Waals surface area contributed by atoms with Gasteiger partial charge < -0.3 is 16.8 Å². The van der Waals surface area contributed by atoms with E-state index >= 15 is 0 Å². The molecule has 1 amide bonds. The largest absolute Gasteiger partial charge is 0.373 e. The molecule has 0 aromatic heterocycles. The van der Waals surface area contributed by atoms with E-state index in [9.17, 15) is 4.79 Å². The molecule has 5 nitrogen and oxygen atoms in total. The van der Waals surface area contributed by atoms with Crippen LogP contribution in [0.5, 0.6) is 0 Å². The Morgan fingerprint density at radius 1 is 1.71 bits per heavy atom. The fourth-order valence-electron chi connectivity index (χ4n) is 0. The lowest BCUT2D eigenvalue weighted by molar-refractivity contribution is -0.115. The van der Waals surface area contributed by atoms with Crippen molar-refractivity contribution in [2.24, 2.45) is 5.73 Å². The standard InChI is InChI=1S/C2H5NO.N3/c1-2(3)4;1-3-2/h1H3,(H2,3,4);/q;-1. The zero-order chi connectivity index (χ0) is 6.28. The molecule has 0 radical (unpaired) electrons. The number of amides is 1. The maximum atomic E-state index is 9.22. The van der Waals surface area contributed by atoms with Crippen molar-refractivity contribution in [3.63, 3.8) is 0 Å². The first kappa shape index (κ1) is 9.24. The Hall–Kier alpha value is -1.22. The molecule has 7 heavy (non-hydrogen) atoms. The van der Waals surface area contributed by atoms with Crippen LogP contribution in [0.3, 0.4) is 0 Å². The van der Waals surface area contributed by atoms with E-state index in [-0.39, 0.29) is 5.91 Å². The molecule has 0 atom stereocenters. The molecule has 0 fully saturated rings. The fraction of sp³-hybridized carbons (Fsp3) is 0.500. The third-order valence-electron chi connectivity index (χ3n) is 0. The summed E-state index contributed by atoms with van der Waals surface area (Å²) in [5.74, 6) is -0.333. The van der Waals surface area contributed by atoms with Gasteiger partial charge in [0.1, 0.15) is 0 Å². The predicted molar refractivity (Wildman–Crippen MR) is 24.9 cm³/mol. The van der Waals surface area contributed by atoms with Crippen LogP contribution in [-0.4, -0.2) is 5.91 Å². The van der Waals surface area contributed by atoms with Crippen LogP contribution in [0.4, 0.5) is 0 Å². The van der Waals surface area contributed by atoms with Gasteiger partial charge >= 0.3 is 0 Å². The average Bonchev–Trinajstić information content (AvgIpc) is 1.33. The van der Waals surface area contributed by atoms with Crippen LogP contribution < -0.4 is 5.73 Å². The highest BCUT2D eigenvalue weighted by molar-refractivity contribution is 5.70. The zero-order valence-corrected chi connectivity index (χ0v) is 3.83. The smallest absolute Gasteiger partial charge is 0.214 e. The number of carbonyl (C=O) groups excluding carboxylic acids is 1. The Balaban J connectivity index is 0. The Kier molecular flexibility index (Phi) is 11.7. The van der Waals surface area contributed by atoms with Crippen molar-refractivity contribution in [3.8, 4) is 0 Å². The highest BCUT2D eigenvalue weighted by Gasteiger charge is 1.61. The van der Waals surface area contributed by atoms with Crippen LogP contribution in [-0.2, 0) is 4.79 Å². The third-order valence-corrected chi connectivity index (χ3v) is 0. The summed E-state index contributed by atoms with van der Waals surface area (Å²) in [6, 6.07) is 0. The minimum Gasteiger partial charge on any atom is -0.373 e. The van der Waals surface area contributed by atoms with Crippen LogP contribution in [0.1, 0.15) is 6.92 Å². The van der Waals surface area contributed by atoms with E-state index in [1.807, 2.05) is 0 Å². The Bertz CT molecular complexity index is 77.7. The summed E-state index contributed by atoms with van der Waals surface area (Å²) in [5.41, 5.74) is 18.0. The maximum absolute atomic E-state index is 9.22. The maximum Gasteiger partial charge on any atom is 0.214 e. The molecule has 0 aliphatic heterocycles. The molecular formula is C2H5N4O-. The number of rotatable bonds is 0. The van der Waals surface area contributed by atoms with Gasteiger partial charge in [-0.05, 0) is 0 Å². The molecule has 0 bridgehead atoms. The van der Waals surface area contributed by atoms with Crippen molar-refractivity contribution in [2.45, 2.75) is 6.92 Å². The van der Waals surface area contributed by atoms with E-state index < -0.39 is 0 Å². The Morgan fingerprint density at radius 3 is 1.71 bits per heavy atom. The summed E-state index contributed by atoms with van der Waals surface area (Å²) in [6.45, 7) is 1.31. The molecule has 0 aliphatic rings. The molecule has 0 aliphatic carbocycles. The van der Waals surface area contributed by atoms with Gasteiger partial charge in [0.15, 0.2) is 0 Å². The number of carbonyl (C=O) groups is 1. The van der Waals surface area contributed by atoms with Gasteiger partial charge in [-0.15, -0.1) is 0 Å². The number of primary amides is 1. The number of nitrogens with zero attached hydrogens (tertiary/aromatic N) is 3. The molecule has 0 saturated carbocycles. The van der Waals surface area contributed by atoms with Crippen LogP contribution >= 0.6 is 0 Å². The molecule has 0 unspecified atom stereocenters. The Morgan fingerprint density at radius 2 is 1.71 bits per heavy atom. The summed E-state index contributed by atoms with van der Waals surface area (Å²) in [7, 11) is 0. The first-order valence-corrected chi connectivity index (χ1v) is 1.39. The number of hydrogen-bond donors (Lipinski definition) is 1. The number of hydrogen-bond acceptors (Lipinski definition) is 1. The normalized spacial score (nSPS) is 4.71. The van der Waals surface area contributed by atoms with Gasteiger partial charge in [-0.1, -0.05) is 0 Å². The van der Waals surface area contributed by atoms with Crippen molar-refractivity contribution < 1.29 is 4.79 Å². The monoisotopic (exact) mass is 101 g/mol. The highest BCUT2D eigenvalue weighted by Crippen LogP contribution is 1.33. The van der Waals surface area contributed by atoms with Gasteiger partial charge in [-0.2, -0.15) is 0 Å². The van der Waals surface area contributed by atoms with E-state index in [1.54, 1.807) is 0 Å². The van der Waals surface area contributed by atoms with Gasteiger partial charge in [-0.25, -0.2) is 0 Å². The van der Waals surface area contributed by atoms with Crippen molar-refractivity contribution in [1.29, 1.82) is 0 Å². The highest BCUT2D eigenvalue weighted by atomic mass is 16.1. The van der Waals surface area contributed by atoms with Gasteiger partial charge in [0.05, 0.1) is 0 Å². The second-order valence-electron chi connectivity index (χ2n) is 0.700. The summed E-state index contributed by atoms with van der Waals surface area (Å²) >= 11 is 0. The molecule has 2 N–H and O–H groups in total. The molecule has 40 valence electrons. The van der Waals surface area contributed by atoms with Crippen LogP contribution in [0, 0.1) is 0 Å². The second kappa shape index (κ2) is 8.84. The first-order valence-electron chi connectivity index (χ1n) is 1.39. The lowest BCUT2D eigenvalue weighted by Crippen LogP contribution is -2.01. The molecule has 0 aromatic carbocycles. The quantitative estimate of drug-likeness (QED) is 0.265. The van der Waals surface area contributed by atoms with Gasteiger partial charge in [0.25, 0.3) is 0 Å². The summed E-state index contributed by atoms with van der Waals surface area (Å²) in [5, 5.41) is 0. The minimum atomic E-state index is -0.333. The van der Waals surface area contributed by atoms with Gasteiger partial charge in [0, 0.05) is 6.92 Å². The third kappa shape index (κ3) is 24.8. The van der Waals surface area contributed by atoms with Crippen molar-refractivity contribution >= 4 is 5.91 Å². The molecule has 0 spiro atoms. The lowest BCUT2D eigenvalue weighted by Gasteiger charge is -1.60. The molecule has 0 rings (SSSR count). The minimum absolute atomic E-state index is 0.333. The fourth-order valence-corrected chi connectivity index (χ4v) is 0. The van der Waals surface area contributed by atoms with Gasteiger partial charge in [0.2, 0.25) is 5.91 Å². The molecule has 0 heterocycles. The van der Waals surface area contributed by atoms with Crippen LogP contribution in [0.15, 0.2) is 0 Å². The summed E-state index contributed by atoms with van der Waals surface area (Å²) < 4.78 is 0. The lowest BCUT2D eigenvalue weighted by atomic mass is 10.8. The average molecular weight is 101 g/mol. The topological polar surface area (TPSA) is 102 Å². The summed E-state index contributed by atoms with van der Waals surface area (Å²) in [6.07, 6.45) is 0. The van der Waals surface area contributed by atoms with E-state index in [0.717, 1.165) is 0 Å². The van der Waals surface area contributed by atoms with E-state index in [2.05, 4.69) is 5.73 Å². The van der Waals surface area contributed by atoms with Crippen molar-refractivity contribution in [1.82, 2.24) is 0 Å². The molecule has 0 aromatic rings. The second-order valence-corrected chi connectivity index (χ2v) is 0.700. The van der Waals surface area contributed by atoms with E-state index in [4.69, 9.17) is 11.1 Å². The van der Waals surface area contributed by atoms with Crippen LogP contribution in [0.25, 0.3) is 16.0 Å². The molecule has 0 saturated heterocycles. The molecule has 5 heteroatoms. The van der Waals surface area contributed by atoms with Crippen molar-refractivity contribution in [3.05, 3.63) is 16.0 Å². The van der Waals surface area contributed by atoms with Crippen LogP contribution in [0.2, 0.25) is 0 Å². The van der Waals surface area contributed by atoms with E-state index in [0.29, 0.717) is 0 Å².